The Bertz CT molecular complexity index is 272. The number of fused-ring (bicyclic) bond motifs is 1. The molecule has 0 saturated carbocycles. The van der Waals surface area contributed by atoms with Crippen LogP contribution in [0.5, 0.6) is 5.75 Å². The number of hydrogen-bond acceptors (Lipinski definition) is 2. The van der Waals surface area contributed by atoms with E-state index < -0.39 is 0 Å². The Labute approximate surface area is 72.8 Å². The van der Waals surface area contributed by atoms with E-state index in [0.717, 1.165) is 25.4 Å². The summed E-state index contributed by atoms with van der Waals surface area (Å²) in [4.78, 5) is 2.30. The van der Waals surface area contributed by atoms with E-state index in [1.165, 1.54) is 5.69 Å². The molecule has 0 saturated heterocycles. The quantitative estimate of drug-likeness (QED) is 0.623. The Morgan fingerprint density at radius 2 is 2.58 bits per heavy atom. The topological polar surface area (TPSA) is 12.5 Å². The molecule has 1 aliphatic heterocycles. The van der Waals surface area contributed by atoms with Crippen molar-refractivity contribution in [1.82, 2.24) is 0 Å². The standard InChI is InChI=1S/C10H12NO/c1-2-11-7-8-12-10-6-4-3-5-9(10)11/h4-6H,2,7-8H2,1H3. The minimum absolute atomic E-state index is 0.796. The van der Waals surface area contributed by atoms with Gasteiger partial charge in [-0.15, -0.1) is 0 Å². The third-order valence-corrected chi connectivity index (χ3v) is 2.14. The van der Waals surface area contributed by atoms with Crippen molar-refractivity contribution in [1.29, 1.82) is 0 Å². The normalized spacial score (nSPS) is 15.2. The second-order valence-corrected chi connectivity index (χ2v) is 2.82. The Balaban J connectivity index is 2.37. The van der Waals surface area contributed by atoms with Crippen LogP contribution in [-0.2, 0) is 0 Å². The van der Waals surface area contributed by atoms with E-state index >= 15 is 0 Å². The monoisotopic (exact) mass is 162 g/mol. The van der Waals surface area contributed by atoms with Gasteiger partial charge in [0.25, 0.3) is 0 Å². The number of nitrogens with zero attached hydrogens (tertiary/aromatic N) is 1. The molecule has 0 unspecified atom stereocenters. The fourth-order valence-electron chi connectivity index (χ4n) is 1.49. The van der Waals surface area contributed by atoms with Crippen LogP contribution >= 0.6 is 0 Å². The summed E-state index contributed by atoms with van der Waals surface area (Å²) in [7, 11) is 0. The molecule has 1 heterocycles. The van der Waals surface area contributed by atoms with E-state index in [4.69, 9.17) is 4.74 Å². The lowest BCUT2D eigenvalue weighted by Gasteiger charge is -2.29. The Hall–Kier alpha value is -1.18. The van der Waals surface area contributed by atoms with E-state index in [1.54, 1.807) is 0 Å². The van der Waals surface area contributed by atoms with E-state index in [2.05, 4.69) is 17.9 Å². The molecule has 2 heteroatoms. The summed E-state index contributed by atoms with van der Waals surface area (Å²) in [6, 6.07) is 8.90. The molecular formula is C10H12NO. The Morgan fingerprint density at radius 1 is 1.67 bits per heavy atom. The predicted octanol–water partition coefficient (Wildman–Crippen LogP) is 1.71. The second kappa shape index (κ2) is 3.05. The Kier molecular flexibility index (Phi) is 1.90. The lowest BCUT2D eigenvalue weighted by atomic mass is 10.2. The first-order valence-corrected chi connectivity index (χ1v) is 4.29. The first-order valence-electron chi connectivity index (χ1n) is 4.29. The lowest BCUT2D eigenvalue weighted by molar-refractivity contribution is 0.308. The van der Waals surface area contributed by atoms with Gasteiger partial charge in [-0.25, -0.2) is 0 Å². The lowest BCUT2D eigenvalue weighted by Crippen LogP contribution is -2.32. The van der Waals surface area contributed by atoms with Crippen molar-refractivity contribution in [2.45, 2.75) is 6.92 Å². The largest absolute Gasteiger partial charge is 0.490 e. The molecule has 0 bridgehead atoms. The third kappa shape index (κ3) is 1.13. The average molecular weight is 162 g/mol. The van der Waals surface area contributed by atoms with Crippen LogP contribution in [-0.4, -0.2) is 19.7 Å². The van der Waals surface area contributed by atoms with Crippen LogP contribution in [0.25, 0.3) is 0 Å². The van der Waals surface area contributed by atoms with E-state index in [-0.39, 0.29) is 0 Å². The predicted molar refractivity (Wildman–Crippen MR) is 48.7 cm³/mol. The molecule has 63 valence electrons. The molecule has 1 radical (unpaired) electrons. The van der Waals surface area contributed by atoms with Gasteiger partial charge in [0.05, 0.1) is 12.2 Å². The van der Waals surface area contributed by atoms with E-state index in [0.29, 0.717) is 0 Å². The van der Waals surface area contributed by atoms with Gasteiger partial charge in [0.1, 0.15) is 12.4 Å². The fraction of sp³-hybridized carbons (Fsp3) is 0.400. The highest BCUT2D eigenvalue weighted by Gasteiger charge is 2.14. The van der Waals surface area contributed by atoms with Crippen LogP contribution in [0, 0.1) is 6.07 Å². The van der Waals surface area contributed by atoms with Crippen LogP contribution in [0.15, 0.2) is 18.2 Å². The number of likely N-dealkylation sites (N-methyl/N-ethyl adjacent to an activating group) is 1. The fourth-order valence-corrected chi connectivity index (χ4v) is 1.49. The summed E-state index contributed by atoms with van der Waals surface area (Å²) in [5.41, 5.74) is 1.17. The maximum Gasteiger partial charge on any atom is 0.142 e. The molecule has 12 heavy (non-hydrogen) atoms. The van der Waals surface area contributed by atoms with Crippen molar-refractivity contribution in [2.75, 3.05) is 24.6 Å². The summed E-state index contributed by atoms with van der Waals surface area (Å²) in [6.45, 7) is 4.97. The highest BCUT2D eigenvalue weighted by atomic mass is 16.5. The zero-order valence-corrected chi connectivity index (χ0v) is 7.21. The van der Waals surface area contributed by atoms with Gasteiger partial charge >= 0.3 is 0 Å². The molecule has 1 aliphatic rings. The average Bonchev–Trinajstić information content (AvgIpc) is 2.17. The zero-order chi connectivity index (χ0) is 8.39. The van der Waals surface area contributed by atoms with Crippen LogP contribution in [0.3, 0.4) is 0 Å². The summed E-state index contributed by atoms with van der Waals surface area (Å²) in [5, 5.41) is 0. The van der Waals surface area contributed by atoms with Gasteiger partial charge in [-0.3, -0.25) is 0 Å². The smallest absolute Gasteiger partial charge is 0.142 e. The highest BCUT2D eigenvalue weighted by molar-refractivity contribution is 5.59. The first-order chi connectivity index (χ1) is 5.92. The highest BCUT2D eigenvalue weighted by Crippen LogP contribution is 2.29. The molecule has 0 N–H and O–H groups in total. The number of benzene rings is 1. The summed E-state index contributed by atoms with van der Waals surface area (Å²) in [5.74, 6) is 0.988. The van der Waals surface area contributed by atoms with Gasteiger partial charge in [-0.2, -0.15) is 0 Å². The van der Waals surface area contributed by atoms with Crippen molar-refractivity contribution in [3.63, 3.8) is 0 Å². The number of ether oxygens (including phenoxy) is 1. The van der Waals surface area contributed by atoms with Crippen molar-refractivity contribution < 1.29 is 4.74 Å². The first kappa shape index (κ1) is 7.47. The summed E-state index contributed by atoms with van der Waals surface area (Å²) < 4.78 is 5.49. The second-order valence-electron chi connectivity index (χ2n) is 2.82. The van der Waals surface area contributed by atoms with E-state index in [1.807, 2.05) is 18.2 Å². The molecular weight excluding hydrogens is 150 g/mol. The van der Waals surface area contributed by atoms with Gasteiger partial charge in [0, 0.05) is 6.54 Å². The maximum atomic E-state index is 5.49. The van der Waals surface area contributed by atoms with Crippen LogP contribution in [0.4, 0.5) is 5.69 Å². The van der Waals surface area contributed by atoms with Gasteiger partial charge in [0.15, 0.2) is 0 Å². The van der Waals surface area contributed by atoms with Crippen LogP contribution in [0.2, 0.25) is 0 Å². The molecule has 2 rings (SSSR count). The molecule has 0 aromatic heterocycles. The van der Waals surface area contributed by atoms with Crippen molar-refractivity contribution in [3.05, 3.63) is 24.3 Å². The molecule has 0 spiro atoms. The van der Waals surface area contributed by atoms with Crippen LogP contribution in [0.1, 0.15) is 6.92 Å². The molecule has 0 fully saturated rings. The SMILES string of the molecule is CCN1CCOc2cc[c]cc21. The minimum Gasteiger partial charge on any atom is -0.490 e. The van der Waals surface area contributed by atoms with Gasteiger partial charge in [0.2, 0.25) is 0 Å². The van der Waals surface area contributed by atoms with Crippen molar-refractivity contribution >= 4 is 5.69 Å². The van der Waals surface area contributed by atoms with Crippen LogP contribution < -0.4 is 9.64 Å². The molecule has 0 atom stereocenters. The van der Waals surface area contributed by atoms with Crippen molar-refractivity contribution in [3.8, 4) is 5.75 Å². The zero-order valence-electron chi connectivity index (χ0n) is 7.21. The van der Waals surface area contributed by atoms with E-state index in [9.17, 15) is 0 Å². The molecule has 2 nitrogen and oxygen atoms in total. The number of rotatable bonds is 1. The maximum absolute atomic E-state index is 5.49. The summed E-state index contributed by atoms with van der Waals surface area (Å²) in [6.07, 6.45) is 0. The minimum atomic E-state index is 0.796. The van der Waals surface area contributed by atoms with Gasteiger partial charge < -0.3 is 9.64 Å². The third-order valence-electron chi connectivity index (χ3n) is 2.14. The van der Waals surface area contributed by atoms with Crippen molar-refractivity contribution in [2.24, 2.45) is 0 Å². The summed E-state index contributed by atoms with van der Waals surface area (Å²) >= 11 is 0. The van der Waals surface area contributed by atoms with Gasteiger partial charge in [-0.1, -0.05) is 6.07 Å². The van der Waals surface area contributed by atoms with Gasteiger partial charge in [-0.05, 0) is 25.1 Å². The molecule has 1 aromatic carbocycles. The molecule has 0 aliphatic carbocycles. The number of hydrogen-bond donors (Lipinski definition) is 0. The molecule has 0 amide bonds. The Morgan fingerprint density at radius 3 is 3.42 bits per heavy atom. The molecule has 1 aromatic rings. The number of anilines is 1.